The fraction of sp³-hybridized carbons (Fsp3) is 0.333. The Bertz CT molecular complexity index is 735. The number of aryl methyl sites for hydroxylation is 1. The molecule has 0 spiro atoms. The van der Waals surface area contributed by atoms with E-state index in [-0.39, 0.29) is 12.3 Å². The number of nitrogens with one attached hydrogen (secondary N) is 1. The number of fused-ring (bicyclic) bond motifs is 1. The highest BCUT2D eigenvalue weighted by atomic mass is 16.5. The number of carbonyl (C=O) groups is 1. The van der Waals surface area contributed by atoms with Crippen molar-refractivity contribution in [3.63, 3.8) is 0 Å². The molecule has 0 fully saturated rings. The fourth-order valence-corrected chi connectivity index (χ4v) is 2.39. The lowest BCUT2D eigenvalue weighted by Crippen LogP contribution is -2.30. The van der Waals surface area contributed by atoms with E-state index < -0.39 is 0 Å². The molecule has 1 N–H and O–H groups in total. The molecule has 1 aliphatic heterocycles. The van der Waals surface area contributed by atoms with Crippen molar-refractivity contribution in [1.82, 2.24) is 20.3 Å². The minimum Gasteiger partial charge on any atom is -0.497 e. The molecule has 22 heavy (non-hydrogen) atoms. The van der Waals surface area contributed by atoms with Crippen molar-refractivity contribution in [3.8, 4) is 5.75 Å². The number of nitrogens with zero attached hydrogens (tertiary/aromatic N) is 4. The van der Waals surface area contributed by atoms with Gasteiger partial charge in [0.2, 0.25) is 5.91 Å². The number of amides is 1. The molecule has 1 aliphatic rings. The summed E-state index contributed by atoms with van der Waals surface area (Å²) >= 11 is 0. The number of carbonyl (C=O) groups excluding carboxylic acids is 1. The number of methoxy groups -OCH3 is 1. The van der Waals surface area contributed by atoms with Crippen LogP contribution < -0.4 is 10.1 Å². The molecule has 7 nitrogen and oxygen atoms in total. The van der Waals surface area contributed by atoms with Gasteiger partial charge in [0.25, 0.3) is 0 Å². The molecule has 114 valence electrons. The highest BCUT2D eigenvalue weighted by molar-refractivity contribution is 6.06. The molecule has 0 bridgehead atoms. The smallest absolute Gasteiger partial charge is 0.226 e. The molecule has 1 aromatic carbocycles. The van der Waals surface area contributed by atoms with Crippen molar-refractivity contribution in [2.45, 2.75) is 13.0 Å². The van der Waals surface area contributed by atoms with E-state index in [2.05, 4.69) is 20.6 Å². The Morgan fingerprint density at radius 1 is 1.45 bits per heavy atom. The zero-order chi connectivity index (χ0) is 15.5. The molecule has 1 aromatic heterocycles. The molecule has 7 heteroatoms. The number of rotatable bonds is 5. The van der Waals surface area contributed by atoms with Crippen molar-refractivity contribution in [1.29, 1.82) is 0 Å². The highest BCUT2D eigenvalue weighted by Crippen LogP contribution is 2.23. The van der Waals surface area contributed by atoms with E-state index in [0.717, 1.165) is 22.6 Å². The maximum Gasteiger partial charge on any atom is 0.226 e. The van der Waals surface area contributed by atoms with Gasteiger partial charge in [0.15, 0.2) is 0 Å². The summed E-state index contributed by atoms with van der Waals surface area (Å²) in [5.74, 6) is 0.693. The molecule has 0 saturated heterocycles. The number of ether oxygens (including phenoxy) is 1. The minimum atomic E-state index is -0.0976. The van der Waals surface area contributed by atoms with Gasteiger partial charge in [0.1, 0.15) is 5.75 Å². The van der Waals surface area contributed by atoms with Crippen molar-refractivity contribution in [3.05, 3.63) is 41.2 Å². The average Bonchev–Trinajstić information content (AvgIpc) is 3.10. The first-order chi connectivity index (χ1) is 10.7. The number of aliphatic imine (C=N–C) groups is 1. The van der Waals surface area contributed by atoms with Crippen LogP contribution in [-0.4, -0.2) is 40.3 Å². The summed E-state index contributed by atoms with van der Waals surface area (Å²) in [6.45, 7) is 1.05. The van der Waals surface area contributed by atoms with Gasteiger partial charge in [-0.1, -0.05) is 11.3 Å². The zero-order valence-electron chi connectivity index (χ0n) is 12.5. The van der Waals surface area contributed by atoms with Crippen LogP contribution >= 0.6 is 0 Å². The van der Waals surface area contributed by atoms with Crippen molar-refractivity contribution >= 4 is 11.6 Å². The Hall–Kier alpha value is -2.70. The van der Waals surface area contributed by atoms with E-state index in [0.29, 0.717) is 18.8 Å². The Labute approximate surface area is 128 Å². The second-order valence-electron chi connectivity index (χ2n) is 5.12. The van der Waals surface area contributed by atoms with Crippen LogP contribution in [0.5, 0.6) is 5.75 Å². The SMILES string of the molecule is COc1ccc2c(c1)C(CNC(=O)Cc1cn(C)nn1)=NC2. The summed E-state index contributed by atoms with van der Waals surface area (Å²) < 4.78 is 6.81. The molecule has 0 saturated carbocycles. The number of hydrogen-bond acceptors (Lipinski definition) is 5. The minimum absolute atomic E-state index is 0.0976. The lowest BCUT2D eigenvalue weighted by atomic mass is 10.1. The normalized spacial score (nSPS) is 12.7. The van der Waals surface area contributed by atoms with Gasteiger partial charge < -0.3 is 10.1 Å². The quantitative estimate of drug-likeness (QED) is 0.871. The monoisotopic (exact) mass is 299 g/mol. The molecule has 0 unspecified atom stereocenters. The lowest BCUT2D eigenvalue weighted by Gasteiger charge is -2.07. The largest absolute Gasteiger partial charge is 0.497 e. The second kappa shape index (κ2) is 5.97. The lowest BCUT2D eigenvalue weighted by molar-refractivity contribution is -0.120. The summed E-state index contributed by atoms with van der Waals surface area (Å²) in [5.41, 5.74) is 3.72. The van der Waals surface area contributed by atoms with Crippen LogP contribution in [0.15, 0.2) is 29.4 Å². The van der Waals surface area contributed by atoms with Crippen LogP contribution in [-0.2, 0) is 24.8 Å². The van der Waals surface area contributed by atoms with E-state index in [1.54, 1.807) is 25.0 Å². The summed E-state index contributed by atoms with van der Waals surface area (Å²) in [5, 5.41) is 10.6. The molecule has 0 radical (unpaired) electrons. The fourth-order valence-electron chi connectivity index (χ4n) is 2.39. The summed E-state index contributed by atoms with van der Waals surface area (Å²) in [7, 11) is 3.40. The van der Waals surface area contributed by atoms with Gasteiger partial charge in [-0.15, -0.1) is 5.10 Å². The van der Waals surface area contributed by atoms with Crippen LogP contribution in [0.3, 0.4) is 0 Å². The van der Waals surface area contributed by atoms with Gasteiger partial charge in [-0.25, -0.2) is 0 Å². The first kappa shape index (κ1) is 14.2. The van der Waals surface area contributed by atoms with Gasteiger partial charge in [0, 0.05) is 18.8 Å². The molecule has 1 amide bonds. The molecule has 3 rings (SSSR count). The third-order valence-corrected chi connectivity index (χ3v) is 3.51. The Balaban J connectivity index is 1.60. The Kier molecular flexibility index (Phi) is 3.86. The predicted molar refractivity (Wildman–Crippen MR) is 81.0 cm³/mol. The van der Waals surface area contributed by atoms with Gasteiger partial charge in [-0.2, -0.15) is 0 Å². The maximum absolute atomic E-state index is 11.9. The van der Waals surface area contributed by atoms with Gasteiger partial charge >= 0.3 is 0 Å². The average molecular weight is 299 g/mol. The number of hydrogen-bond donors (Lipinski definition) is 1. The molecule has 2 aromatic rings. The van der Waals surface area contributed by atoms with E-state index in [1.807, 2.05) is 18.2 Å². The van der Waals surface area contributed by atoms with Crippen LogP contribution in [0.1, 0.15) is 16.8 Å². The maximum atomic E-state index is 11.9. The molecular formula is C15H17N5O2. The van der Waals surface area contributed by atoms with Crippen molar-refractivity contribution in [2.24, 2.45) is 12.0 Å². The van der Waals surface area contributed by atoms with Gasteiger partial charge in [-0.3, -0.25) is 14.5 Å². The van der Waals surface area contributed by atoms with E-state index in [1.165, 1.54) is 0 Å². The molecule has 0 atom stereocenters. The van der Waals surface area contributed by atoms with Gasteiger partial charge in [-0.05, 0) is 17.7 Å². The standard InChI is InChI=1S/C15H17N5O2/c1-20-9-11(18-19-20)5-15(21)17-8-14-13-6-12(22-2)4-3-10(13)7-16-14/h3-4,6,9H,5,7-8H2,1-2H3,(H,17,21). The van der Waals surface area contributed by atoms with Crippen molar-refractivity contribution in [2.75, 3.05) is 13.7 Å². The topological polar surface area (TPSA) is 81.4 Å². The Morgan fingerprint density at radius 2 is 2.32 bits per heavy atom. The summed E-state index contributed by atoms with van der Waals surface area (Å²) in [4.78, 5) is 16.4. The first-order valence-electron chi connectivity index (χ1n) is 6.98. The van der Waals surface area contributed by atoms with Crippen molar-refractivity contribution < 1.29 is 9.53 Å². The predicted octanol–water partition coefficient (Wildman–Crippen LogP) is 0.485. The highest BCUT2D eigenvalue weighted by Gasteiger charge is 2.17. The van der Waals surface area contributed by atoms with Gasteiger partial charge in [0.05, 0.1) is 38.0 Å². The number of benzene rings is 1. The Morgan fingerprint density at radius 3 is 3.05 bits per heavy atom. The zero-order valence-corrected chi connectivity index (χ0v) is 12.5. The third kappa shape index (κ3) is 2.98. The third-order valence-electron chi connectivity index (χ3n) is 3.51. The summed E-state index contributed by atoms with van der Waals surface area (Å²) in [6.07, 6.45) is 1.94. The molecular weight excluding hydrogens is 282 g/mol. The first-order valence-corrected chi connectivity index (χ1v) is 6.98. The van der Waals surface area contributed by atoms with E-state index >= 15 is 0 Å². The summed E-state index contributed by atoms with van der Waals surface area (Å²) in [6, 6.07) is 5.88. The van der Waals surface area contributed by atoms with Crippen LogP contribution in [0, 0.1) is 0 Å². The van der Waals surface area contributed by atoms with Crippen LogP contribution in [0.4, 0.5) is 0 Å². The second-order valence-corrected chi connectivity index (χ2v) is 5.12. The van der Waals surface area contributed by atoms with E-state index in [4.69, 9.17) is 4.74 Å². The molecule has 2 heterocycles. The molecule has 0 aliphatic carbocycles. The van der Waals surface area contributed by atoms with Crippen LogP contribution in [0.2, 0.25) is 0 Å². The van der Waals surface area contributed by atoms with Crippen LogP contribution in [0.25, 0.3) is 0 Å². The van der Waals surface area contributed by atoms with E-state index in [9.17, 15) is 4.79 Å². The number of aromatic nitrogens is 3.